The van der Waals surface area contributed by atoms with Gasteiger partial charge in [-0.1, -0.05) is 6.07 Å². The molecule has 2 aromatic rings. The van der Waals surface area contributed by atoms with Gasteiger partial charge in [0, 0.05) is 46.1 Å². The molecular formula is C15H14N2O2S. The fourth-order valence-electron chi connectivity index (χ4n) is 1.56. The topological polar surface area (TPSA) is 59.1 Å². The zero-order chi connectivity index (χ0) is 14.4. The van der Waals surface area contributed by atoms with E-state index in [9.17, 15) is 9.00 Å². The number of hydrogen-bond donors (Lipinski definition) is 1. The second-order valence-electron chi connectivity index (χ2n) is 4.09. The van der Waals surface area contributed by atoms with Crippen LogP contribution in [0.3, 0.4) is 0 Å². The van der Waals surface area contributed by atoms with Crippen LogP contribution in [0.4, 0.5) is 5.69 Å². The number of amides is 1. The molecule has 1 aromatic carbocycles. The van der Waals surface area contributed by atoms with Gasteiger partial charge in [-0.05, 0) is 42.0 Å². The van der Waals surface area contributed by atoms with E-state index in [2.05, 4.69) is 10.3 Å². The van der Waals surface area contributed by atoms with Crippen molar-refractivity contribution in [2.45, 2.75) is 4.90 Å². The maximum atomic E-state index is 11.7. The van der Waals surface area contributed by atoms with E-state index in [-0.39, 0.29) is 5.91 Å². The molecule has 1 atom stereocenters. The molecule has 1 N–H and O–H groups in total. The third kappa shape index (κ3) is 4.13. The molecule has 0 saturated heterocycles. The summed E-state index contributed by atoms with van der Waals surface area (Å²) >= 11 is 0. The highest BCUT2D eigenvalue weighted by atomic mass is 32.2. The number of aromatic nitrogens is 1. The van der Waals surface area contributed by atoms with Gasteiger partial charge in [0.1, 0.15) is 0 Å². The average molecular weight is 286 g/mol. The summed E-state index contributed by atoms with van der Waals surface area (Å²) in [5.41, 5.74) is 1.53. The van der Waals surface area contributed by atoms with E-state index in [4.69, 9.17) is 0 Å². The highest BCUT2D eigenvalue weighted by molar-refractivity contribution is 7.84. The van der Waals surface area contributed by atoms with Crippen molar-refractivity contribution in [2.24, 2.45) is 0 Å². The number of hydrogen-bond acceptors (Lipinski definition) is 3. The summed E-state index contributed by atoms with van der Waals surface area (Å²) in [5, 5.41) is 2.73. The molecule has 1 aromatic heterocycles. The van der Waals surface area contributed by atoms with Crippen LogP contribution in [0, 0.1) is 0 Å². The average Bonchev–Trinajstić information content (AvgIpc) is 2.47. The summed E-state index contributed by atoms with van der Waals surface area (Å²) in [6.45, 7) is 0. The molecule has 0 radical (unpaired) electrons. The zero-order valence-corrected chi connectivity index (χ0v) is 11.8. The van der Waals surface area contributed by atoms with Crippen molar-refractivity contribution in [1.29, 1.82) is 0 Å². The molecule has 0 aliphatic heterocycles. The highest BCUT2D eigenvalue weighted by Gasteiger charge is 2.00. The minimum absolute atomic E-state index is 0.223. The molecule has 1 heterocycles. The Hall–Kier alpha value is -2.27. The molecule has 20 heavy (non-hydrogen) atoms. The SMILES string of the molecule is C[S@@](=O)c1ccc(NC(=O)/C=C/c2cccnc2)cc1. The first kappa shape index (κ1) is 14.1. The van der Waals surface area contributed by atoms with Crippen molar-refractivity contribution >= 4 is 28.5 Å². The number of pyridine rings is 1. The summed E-state index contributed by atoms with van der Waals surface area (Å²) in [6, 6.07) is 10.6. The smallest absolute Gasteiger partial charge is 0.248 e. The maximum Gasteiger partial charge on any atom is 0.248 e. The summed E-state index contributed by atoms with van der Waals surface area (Å²) in [7, 11) is -1.01. The molecule has 0 fully saturated rings. The van der Waals surface area contributed by atoms with Crippen LogP contribution < -0.4 is 5.32 Å². The number of carbonyl (C=O) groups is 1. The van der Waals surface area contributed by atoms with Crippen molar-refractivity contribution in [2.75, 3.05) is 11.6 Å². The van der Waals surface area contributed by atoms with Gasteiger partial charge < -0.3 is 5.32 Å². The van der Waals surface area contributed by atoms with Crippen molar-refractivity contribution in [3.63, 3.8) is 0 Å². The summed E-state index contributed by atoms with van der Waals surface area (Å²) in [4.78, 5) is 16.4. The summed E-state index contributed by atoms with van der Waals surface area (Å²) < 4.78 is 11.2. The van der Waals surface area contributed by atoms with E-state index in [1.54, 1.807) is 55.1 Å². The lowest BCUT2D eigenvalue weighted by Crippen LogP contribution is -2.07. The standard InChI is InChI=1S/C15H14N2O2S/c1-20(19)14-7-5-13(6-8-14)17-15(18)9-4-12-3-2-10-16-11-12/h2-11H,1H3,(H,17,18)/b9-4+/t20-/m1/s1. The molecule has 0 aliphatic rings. The molecule has 5 heteroatoms. The van der Waals surface area contributed by atoms with E-state index in [1.165, 1.54) is 6.08 Å². The lowest BCUT2D eigenvalue weighted by atomic mass is 10.2. The largest absolute Gasteiger partial charge is 0.323 e. The lowest BCUT2D eigenvalue weighted by Gasteiger charge is -2.03. The Morgan fingerprint density at radius 1 is 1.25 bits per heavy atom. The Morgan fingerprint density at radius 2 is 2.00 bits per heavy atom. The predicted octanol–water partition coefficient (Wildman–Crippen LogP) is 2.47. The van der Waals surface area contributed by atoms with Gasteiger partial charge in [-0.3, -0.25) is 14.0 Å². The van der Waals surface area contributed by atoms with Crippen LogP contribution in [-0.2, 0) is 15.6 Å². The van der Waals surface area contributed by atoms with Gasteiger partial charge in [-0.25, -0.2) is 0 Å². The molecular weight excluding hydrogens is 272 g/mol. The summed E-state index contributed by atoms with van der Waals surface area (Å²) in [5.74, 6) is -0.223. The molecule has 2 rings (SSSR count). The zero-order valence-electron chi connectivity index (χ0n) is 10.9. The molecule has 0 bridgehead atoms. The van der Waals surface area contributed by atoms with Crippen LogP contribution in [0.5, 0.6) is 0 Å². The Labute approximate surface area is 120 Å². The number of rotatable bonds is 4. The van der Waals surface area contributed by atoms with Crippen LogP contribution in [0.2, 0.25) is 0 Å². The van der Waals surface area contributed by atoms with Gasteiger partial charge in [-0.15, -0.1) is 0 Å². The number of nitrogens with one attached hydrogen (secondary N) is 1. The van der Waals surface area contributed by atoms with Gasteiger partial charge in [0.05, 0.1) is 0 Å². The fraction of sp³-hybridized carbons (Fsp3) is 0.0667. The number of carbonyl (C=O) groups excluding carboxylic acids is 1. The predicted molar refractivity (Wildman–Crippen MR) is 80.7 cm³/mol. The Balaban J connectivity index is 1.98. The quantitative estimate of drug-likeness (QED) is 0.878. The molecule has 0 saturated carbocycles. The Kier molecular flexibility index (Phi) is 4.79. The van der Waals surface area contributed by atoms with Crippen molar-refractivity contribution in [3.05, 3.63) is 60.4 Å². The van der Waals surface area contributed by atoms with Crippen LogP contribution in [0.25, 0.3) is 6.08 Å². The van der Waals surface area contributed by atoms with E-state index in [0.717, 1.165) is 10.5 Å². The molecule has 0 spiro atoms. The second-order valence-corrected chi connectivity index (χ2v) is 5.47. The molecule has 102 valence electrons. The van der Waals surface area contributed by atoms with Crippen molar-refractivity contribution in [3.8, 4) is 0 Å². The third-order valence-electron chi connectivity index (χ3n) is 2.57. The first-order valence-electron chi connectivity index (χ1n) is 5.98. The van der Waals surface area contributed by atoms with Gasteiger partial charge >= 0.3 is 0 Å². The molecule has 1 amide bonds. The van der Waals surface area contributed by atoms with Crippen molar-refractivity contribution < 1.29 is 9.00 Å². The molecule has 0 unspecified atom stereocenters. The van der Waals surface area contributed by atoms with Gasteiger partial charge in [0.15, 0.2) is 0 Å². The van der Waals surface area contributed by atoms with E-state index < -0.39 is 10.8 Å². The highest BCUT2D eigenvalue weighted by Crippen LogP contribution is 2.12. The Bertz CT molecular complexity index is 637. The minimum Gasteiger partial charge on any atom is -0.323 e. The first-order chi connectivity index (χ1) is 9.65. The lowest BCUT2D eigenvalue weighted by molar-refractivity contribution is -0.111. The van der Waals surface area contributed by atoms with Crippen molar-refractivity contribution in [1.82, 2.24) is 4.98 Å². The van der Waals surface area contributed by atoms with Crippen LogP contribution in [0.1, 0.15) is 5.56 Å². The molecule has 4 nitrogen and oxygen atoms in total. The summed E-state index contributed by atoms with van der Waals surface area (Å²) in [6.07, 6.45) is 8.11. The molecule has 0 aliphatic carbocycles. The maximum absolute atomic E-state index is 11.7. The first-order valence-corrected chi connectivity index (χ1v) is 7.53. The van der Waals surface area contributed by atoms with Gasteiger partial charge in [-0.2, -0.15) is 0 Å². The normalized spacial score (nSPS) is 12.2. The van der Waals surface area contributed by atoms with E-state index >= 15 is 0 Å². The second kappa shape index (κ2) is 6.77. The number of anilines is 1. The van der Waals surface area contributed by atoms with Gasteiger partial charge in [0.25, 0.3) is 0 Å². The van der Waals surface area contributed by atoms with E-state index in [0.29, 0.717) is 5.69 Å². The van der Waals surface area contributed by atoms with Crippen LogP contribution in [0.15, 0.2) is 59.8 Å². The van der Waals surface area contributed by atoms with E-state index in [1.807, 2.05) is 6.07 Å². The number of nitrogens with zero attached hydrogens (tertiary/aromatic N) is 1. The number of benzene rings is 1. The fourth-order valence-corrected chi connectivity index (χ4v) is 2.08. The minimum atomic E-state index is -1.01. The van der Waals surface area contributed by atoms with Gasteiger partial charge in [0.2, 0.25) is 5.91 Å². The van der Waals surface area contributed by atoms with Crippen LogP contribution >= 0.6 is 0 Å². The monoisotopic (exact) mass is 286 g/mol. The Morgan fingerprint density at radius 3 is 2.60 bits per heavy atom. The third-order valence-corrected chi connectivity index (χ3v) is 3.50. The van der Waals surface area contributed by atoms with Crippen LogP contribution in [-0.4, -0.2) is 21.4 Å².